The van der Waals surface area contributed by atoms with Crippen LogP contribution in [0.1, 0.15) is 30.5 Å². The third kappa shape index (κ3) is 2.88. The van der Waals surface area contributed by atoms with E-state index < -0.39 is 0 Å². The molecule has 1 unspecified atom stereocenters. The summed E-state index contributed by atoms with van der Waals surface area (Å²) in [5.41, 5.74) is 2.57. The minimum absolute atomic E-state index is 0.128. The van der Waals surface area contributed by atoms with Crippen molar-refractivity contribution in [3.63, 3.8) is 0 Å². The molecule has 22 heavy (non-hydrogen) atoms. The number of hydrogen-bond acceptors (Lipinski definition) is 2. The van der Waals surface area contributed by atoms with Crippen molar-refractivity contribution in [3.05, 3.63) is 70.5 Å². The van der Waals surface area contributed by atoms with E-state index in [-0.39, 0.29) is 17.8 Å². The van der Waals surface area contributed by atoms with E-state index in [0.29, 0.717) is 11.4 Å². The van der Waals surface area contributed by atoms with Gasteiger partial charge in [0, 0.05) is 18.4 Å². The van der Waals surface area contributed by atoms with Gasteiger partial charge in [0.15, 0.2) is 0 Å². The largest absolute Gasteiger partial charge is 0.273 e. The van der Waals surface area contributed by atoms with Crippen LogP contribution in [0.3, 0.4) is 0 Å². The number of nitrogens with zero attached hydrogens (tertiary/aromatic N) is 2. The lowest BCUT2D eigenvalue weighted by Gasteiger charge is -2.20. The Kier molecular flexibility index (Phi) is 3.94. The van der Waals surface area contributed by atoms with Crippen molar-refractivity contribution in [2.75, 3.05) is 0 Å². The molecule has 5 heteroatoms. The third-order valence-corrected chi connectivity index (χ3v) is 3.92. The molecule has 0 saturated carbocycles. The Hall–Kier alpha value is -2.20. The SMILES string of the molecule is CC(=O)N1N=C(c2ccc(F)cc2)CC1c1ccc(Cl)cc1. The summed E-state index contributed by atoms with van der Waals surface area (Å²) < 4.78 is 13.0. The molecule has 3 rings (SSSR count). The van der Waals surface area contributed by atoms with Crippen LogP contribution in [-0.4, -0.2) is 16.6 Å². The molecule has 0 bridgehead atoms. The van der Waals surface area contributed by atoms with Gasteiger partial charge in [0.2, 0.25) is 5.91 Å². The van der Waals surface area contributed by atoms with Gasteiger partial charge < -0.3 is 0 Å². The van der Waals surface area contributed by atoms with E-state index in [2.05, 4.69) is 5.10 Å². The molecule has 1 amide bonds. The van der Waals surface area contributed by atoms with Gasteiger partial charge in [0.1, 0.15) is 5.82 Å². The van der Waals surface area contributed by atoms with Crippen LogP contribution < -0.4 is 0 Å². The summed E-state index contributed by atoms with van der Waals surface area (Å²) in [6.07, 6.45) is 0.590. The fourth-order valence-corrected chi connectivity index (χ4v) is 2.69. The van der Waals surface area contributed by atoms with Crippen LogP contribution in [0, 0.1) is 5.82 Å². The second-order valence-electron chi connectivity index (χ2n) is 5.19. The van der Waals surface area contributed by atoms with Crippen LogP contribution in [0.5, 0.6) is 0 Å². The molecular weight excluding hydrogens is 303 g/mol. The third-order valence-electron chi connectivity index (χ3n) is 3.67. The first-order valence-corrected chi connectivity index (χ1v) is 7.31. The van der Waals surface area contributed by atoms with Crippen molar-refractivity contribution in [2.24, 2.45) is 5.10 Å². The van der Waals surface area contributed by atoms with Crippen LogP contribution in [0.25, 0.3) is 0 Å². The molecular formula is C17H14ClFN2O. The van der Waals surface area contributed by atoms with Gasteiger partial charge in [-0.25, -0.2) is 9.40 Å². The van der Waals surface area contributed by atoms with E-state index >= 15 is 0 Å². The molecule has 1 aliphatic rings. The highest BCUT2D eigenvalue weighted by Gasteiger charge is 2.31. The van der Waals surface area contributed by atoms with Gasteiger partial charge in [-0.3, -0.25) is 4.79 Å². The molecule has 2 aromatic carbocycles. The first-order chi connectivity index (χ1) is 10.5. The Balaban J connectivity index is 1.92. The fourth-order valence-electron chi connectivity index (χ4n) is 2.56. The van der Waals surface area contributed by atoms with Crippen molar-refractivity contribution < 1.29 is 9.18 Å². The van der Waals surface area contributed by atoms with E-state index in [1.54, 1.807) is 24.3 Å². The molecule has 0 radical (unpaired) electrons. The van der Waals surface area contributed by atoms with Crippen molar-refractivity contribution in [2.45, 2.75) is 19.4 Å². The van der Waals surface area contributed by atoms with Crippen LogP contribution in [-0.2, 0) is 4.79 Å². The molecule has 0 fully saturated rings. The molecule has 0 spiro atoms. The summed E-state index contributed by atoms with van der Waals surface area (Å²) in [6.45, 7) is 1.49. The normalized spacial score (nSPS) is 17.5. The van der Waals surface area contributed by atoms with Gasteiger partial charge in [0.25, 0.3) is 0 Å². The van der Waals surface area contributed by atoms with Crippen LogP contribution in [0.2, 0.25) is 5.02 Å². The number of benzene rings is 2. The van der Waals surface area contributed by atoms with Gasteiger partial charge in [-0.05, 0) is 35.4 Å². The average Bonchev–Trinajstić information content (AvgIpc) is 2.94. The minimum Gasteiger partial charge on any atom is -0.273 e. The summed E-state index contributed by atoms with van der Waals surface area (Å²) in [6, 6.07) is 13.4. The van der Waals surface area contributed by atoms with E-state index in [9.17, 15) is 9.18 Å². The topological polar surface area (TPSA) is 32.7 Å². The molecule has 1 aliphatic heterocycles. The summed E-state index contributed by atoms with van der Waals surface area (Å²) in [4.78, 5) is 11.9. The van der Waals surface area contributed by atoms with Gasteiger partial charge in [-0.2, -0.15) is 5.10 Å². The molecule has 3 nitrogen and oxygen atoms in total. The van der Waals surface area contributed by atoms with E-state index in [1.807, 2.05) is 12.1 Å². The van der Waals surface area contributed by atoms with Gasteiger partial charge >= 0.3 is 0 Å². The Morgan fingerprint density at radius 3 is 2.41 bits per heavy atom. The first kappa shape index (κ1) is 14.7. The van der Waals surface area contributed by atoms with Crippen molar-refractivity contribution in [3.8, 4) is 0 Å². The maximum absolute atomic E-state index is 13.0. The first-order valence-electron chi connectivity index (χ1n) is 6.93. The van der Waals surface area contributed by atoms with Gasteiger partial charge in [-0.1, -0.05) is 35.9 Å². The number of amides is 1. The Morgan fingerprint density at radius 2 is 1.82 bits per heavy atom. The maximum atomic E-state index is 13.0. The lowest BCUT2D eigenvalue weighted by atomic mass is 9.98. The number of carbonyl (C=O) groups excluding carboxylic acids is 1. The van der Waals surface area contributed by atoms with Crippen LogP contribution in [0.15, 0.2) is 53.6 Å². The van der Waals surface area contributed by atoms with Gasteiger partial charge in [0.05, 0.1) is 11.8 Å². The lowest BCUT2D eigenvalue weighted by molar-refractivity contribution is -0.130. The minimum atomic E-state index is -0.292. The van der Waals surface area contributed by atoms with Crippen molar-refractivity contribution >= 4 is 23.2 Å². The molecule has 0 saturated heterocycles. The highest BCUT2D eigenvalue weighted by Crippen LogP contribution is 2.33. The zero-order chi connectivity index (χ0) is 15.7. The number of rotatable bonds is 2. The van der Waals surface area contributed by atoms with E-state index in [0.717, 1.165) is 16.8 Å². The summed E-state index contributed by atoms with van der Waals surface area (Å²) >= 11 is 5.91. The van der Waals surface area contributed by atoms with Gasteiger partial charge in [-0.15, -0.1) is 0 Å². The predicted octanol–water partition coefficient (Wildman–Crippen LogP) is 4.18. The second kappa shape index (κ2) is 5.89. The molecule has 2 aromatic rings. The van der Waals surface area contributed by atoms with Crippen molar-refractivity contribution in [1.29, 1.82) is 0 Å². The zero-order valence-electron chi connectivity index (χ0n) is 12.0. The summed E-state index contributed by atoms with van der Waals surface area (Å²) in [7, 11) is 0. The van der Waals surface area contributed by atoms with E-state index in [1.165, 1.54) is 24.1 Å². The van der Waals surface area contributed by atoms with Crippen LogP contribution >= 0.6 is 11.6 Å². The quantitative estimate of drug-likeness (QED) is 0.818. The number of hydrazone groups is 1. The summed E-state index contributed by atoms with van der Waals surface area (Å²) in [5, 5.41) is 6.54. The highest BCUT2D eigenvalue weighted by molar-refractivity contribution is 6.30. The number of carbonyl (C=O) groups is 1. The molecule has 0 aliphatic carbocycles. The highest BCUT2D eigenvalue weighted by atomic mass is 35.5. The average molecular weight is 317 g/mol. The van der Waals surface area contributed by atoms with E-state index in [4.69, 9.17) is 11.6 Å². The zero-order valence-corrected chi connectivity index (χ0v) is 12.7. The Morgan fingerprint density at radius 1 is 1.18 bits per heavy atom. The Bertz CT molecular complexity index is 725. The Labute approximate surface area is 133 Å². The monoisotopic (exact) mass is 316 g/mol. The van der Waals surface area contributed by atoms with Crippen molar-refractivity contribution in [1.82, 2.24) is 5.01 Å². The second-order valence-corrected chi connectivity index (χ2v) is 5.63. The van der Waals surface area contributed by atoms with Crippen LogP contribution in [0.4, 0.5) is 4.39 Å². The molecule has 0 N–H and O–H groups in total. The summed E-state index contributed by atoms with van der Waals surface area (Å²) in [5.74, 6) is -0.419. The lowest BCUT2D eigenvalue weighted by Crippen LogP contribution is -2.24. The smallest absolute Gasteiger partial charge is 0.240 e. The fraction of sp³-hybridized carbons (Fsp3) is 0.176. The predicted molar refractivity (Wildman–Crippen MR) is 84.3 cm³/mol. The number of hydrogen-bond donors (Lipinski definition) is 0. The maximum Gasteiger partial charge on any atom is 0.240 e. The molecule has 112 valence electrons. The molecule has 1 heterocycles. The standard InChI is InChI=1S/C17H14ClFN2O/c1-11(22)21-17(13-2-6-14(18)7-3-13)10-16(20-21)12-4-8-15(19)9-5-12/h2-9,17H,10H2,1H3. The molecule has 1 atom stereocenters. The number of halogens is 2. The molecule has 0 aromatic heterocycles.